The summed E-state index contributed by atoms with van der Waals surface area (Å²) in [5.74, 6) is 0. The van der Waals surface area contributed by atoms with Gasteiger partial charge in [0.1, 0.15) is 0 Å². The Hall–Kier alpha value is -1.19. The number of rotatable bonds is 1. The molecule has 0 bridgehead atoms. The van der Waals surface area contributed by atoms with Crippen molar-refractivity contribution in [3.8, 4) is 11.1 Å². The maximum absolute atomic E-state index is 9.08. The molecule has 0 atom stereocenters. The van der Waals surface area contributed by atoms with Crippen molar-refractivity contribution in [2.24, 2.45) is 0 Å². The smallest absolute Gasteiger partial charge is 0.748 e. The van der Waals surface area contributed by atoms with Gasteiger partial charge < -0.3 is 10.3 Å². The Morgan fingerprint density at radius 1 is 1.11 bits per heavy atom. The van der Waals surface area contributed by atoms with E-state index in [9.17, 15) is 0 Å². The van der Waals surface area contributed by atoms with Crippen LogP contribution in [-0.2, 0) is 30.5 Å². The summed E-state index contributed by atoms with van der Waals surface area (Å²) >= 11 is 0. The number of nitrogen functional groups attached to an aromatic ring is 1. The molecule has 0 fully saturated rings. The fourth-order valence-corrected chi connectivity index (χ4v) is 1.30. The van der Waals surface area contributed by atoms with E-state index in [1.807, 2.05) is 48.5 Å². The molecule has 2 rings (SSSR count). The first kappa shape index (κ1) is 17.8. The number of hydrogen-bond acceptors (Lipinski definition) is 4. The molecule has 104 valence electrons. The van der Waals surface area contributed by atoms with Crippen LogP contribution in [0.25, 0.3) is 11.1 Å². The quantitative estimate of drug-likeness (QED) is 0.360. The van der Waals surface area contributed by atoms with Gasteiger partial charge in [-0.3, -0.25) is 0 Å². The fraction of sp³-hybridized carbons (Fsp3) is 0.0769. The van der Waals surface area contributed by atoms with Crippen LogP contribution in [0.2, 0.25) is 0 Å². The summed E-state index contributed by atoms with van der Waals surface area (Å²) in [6.07, 6.45) is 0.604. The summed E-state index contributed by atoms with van der Waals surface area (Å²) in [6.45, 7) is 0. The summed E-state index contributed by atoms with van der Waals surface area (Å²) in [5.41, 5.74) is 8.72. The van der Waals surface area contributed by atoms with Gasteiger partial charge in [-0.2, -0.15) is 0 Å². The van der Waals surface area contributed by atoms with Crippen LogP contribution in [0.3, 0.4) is 0 Å². The number of nitrogens with two attached hydrogens (primary N) is 1. The van der Waals surface area contributed by atoms with Gasteiger partial charge in [-0.05, 0) is 11.8 Å². The average Bonchev–Trinajstić information content (AvgIpc) is 2.29. The van der Waals surface area contributed by atoms with Gasteiger partial charge in [0.05, 0.1) is 10.1 Å². The second-order valence-electron chi connectivity index (χ2n) is 3.57. The summed E-state index contributed by atoms with van der Waals surface area (Å²) in [6, 6.07) is 18.8. The van der Waals surface area contributed by atoms with E-state index in [2.05, 4.69) is 6.07 Å². The van der Waals surface area contributed by atoms with Crippen LogP contribution >= 0.6 is 0 Å². The molecule has 2 aromatic carbocycles. The first-order chi connectivity index (χ1) is 8.38. The zero-order valence-electron chi connectivity index (χ0n) is 10.1. The normalized spacial score (nSPS) is 9.79. The Bertz CT molecular complexity index is 592. The summed E-state index contributed by atoms with van der Waals surface area (Å²) in [7, 11) is -3.92. The van der Waals surface area contributed by atoms with Gasteiger partial charge in [0.25, 0.3) is 0 Å². The standard InChI is InChI=1S/C12H10N.CH4O3S.Pd/c13-12-9-5-4-8-11(12)10-6-2-1-3-7-10;1-5(2,3)4;/h1-6,8-9H,13H2;1H3,(H,2,3,4);/q-1;;+2/p-1. The van der Waals surface area contributed by atoms with Crippen LogP contribution in [0.4, 0.5) is 5.69 Å². The molecule has 0 heterocycles. The van der Waals surface area contributed by atoms with E-state index in [1.54, 1.807) is 0 Å². The SMILES string of the molecule is CS(=O)(=O)[O-].Nc1ccccc1-c1[c-]cccc1.[Pd+2]. The van der Waals surface area contributed by atoms with E-state index in [0.717, 1.165) is 16.8 Å². The molecule has 2 aromatic rings. The molecule has 0 radical (unpaired) electrons. The van der Waals surface area contributed by atoms with E-state index in [4.69, 9.17) is 18.7 Å². The van der Waals surface area contributed by atoms with Crippen molar-refractivity contribution < 1.29 is 33.4 Å². The second-order valence-corrected chi connectivity index (χ2v) is 4.98. The molecular formula is C13H13NO3PdS. The maximum atomic E-state index is 9.08. The molecule has 19 heavy (non-hydrogen) atoms. The molecule has 0 saturated heterocycles. The molecule has 0 unspecified atom stereocenters. The molecule has 2 N–H and O–H groups in total. The van der Waals surface area contributed by atoms with Crippen molar-refractivity contribution in [3.63, 3.8) is 0 Å². The molecule has 0 aliphatic carbocycles. The number of hydrogen-bond donors (Lipinski definition) is 1. The molecule has 0 aliphatic rings. The van der Waals surface area contributed by atoms with Gasteiger partial charge in [0, 0.05) is 6.26 Å². The zero-order valence-corrected chi connectivity index (χ0v) is 12.5. The van der Waals surface area contributed by atoms with Gasteiger partial charge in [0.15, 0.2) is 0 Å². The van der Waals surface area contributed by atoms with Gasteiger partial charge in [-0.1, -0.05) is 23.8 Å². The minimum absolute atomic E-state index is 0. The van der Waals surface area contributed by atoms with Crippen LogP contribution in [0.1, 0.15) is 0 Å². The summed E-state index contributed by atoms with van der Waals surface area (Å²) in [5, 5.41) is 0. The average molecular weight is 370 g/mol. The fourth-order valence-electron chi connectivity index (χ4n) is 1.30. The largest absolute Gasteiger partial charge is 2.00 e. The monoisotopic (exact) mass is 369 g/mol. The summed E-state index contributed by atoms with van der Waals surface area (Å²) < 4.78 is 27.2. The van der Waals surface area contributed by atoms with Crippen molar-refractivity contribution in [3.05, 3.63) is 54.6 Å². The first-order valence-corrected chi connectivity index (χ1v) is 6.92. The Morgan fingerprint density at radius 2 is 1.63 bits per heavy atom. The molecule has 4 nitrogen and oxygen atoms in total. The van der Waals surface area contributed by atoms with E-state index < -0.39 is 10.1 Å². The Kier molecular flexibility index (Phi) is 7.57. The van der Waals surface area contributed by atoms with Gasteiger partial charge in [-0.15, -0.1) is 35.9 Å². The number of anilines is 1. The first-order valence-electron chi connectivity index (χ1n) is 5.10. The molecule has 0 aliphatic heterocycles. The molecule has 0 amide bonds. The third-order valence-corrected chi connectivity index (χ3v) is 1.96. The topological polar surface area (TPSA) is 83.2 Å². The van der Waals surface area contributed by atoms with E-state index in [-0.39, 0.29) is 20.4 Å². The Balaban J connectivity index is 0.000000471. The van der Waals surface area contributed by atoms with Gasteiger partial charge in [0.2, 0.25) is 0 Å². The van der Waals surface area contributed by atoms with Crippen molar-refractivity contribution >= 4 is 15.8 Å². The molecule has 0 spiro atoms. The van der Waals surface area contributed by atoms with Crippen LogP contribution in [0, 0.1) is 6.07 Å². The van der Waals surface area contributed by atoms with Crippen LogP contribution < -0.4 is 5.73 Å². The van der Waals surface area contributed by atoms with Crippen LogP contribution in [0.15, 0.2) is 48.5 Å². The van der Waals surface area contributed by atoms with Crippen molar-refractivity contribution in [1.82, 2.24) is 0 Å². The maximum Gasteiger partial charge on any atom is 2.00 e. The van der Waals surface area contributed by atoms with Crippen LogP contribution in [0.5, 0.6) is 0 Å². The molecule has 6 heteroatoms. The Morgan fingerprint density at radius 3 is 2.11 bits per heavy atom. The zero-order chi connectivity index (χ0) is 13.6. The van der Waals surface area contributed by atoms with Crippen molar-refractivity contribution in [1.29, 1.82) is 0 Å². The predicted molar refractivity (Wildman–Crippen MR) is 70.7 cm³/mol. The second kappa shape index (κ2) is 8.08. The van der Waals surface area contributed by atoms with Gasteiger partial charge >= 0.3 is 20.4 Å². The van der Waals surface area contributed by atoms with Crippen molar-refractivity contribution in [2.45, 2.75) is 0 Å². The third kappa shape index (κ3) is 7.75. The summed E-state index contributed by atoms with van der Waals surface area (Å²) in [4.78, 5) is 0. The number of para-hydroxylation sites is 1. The minimum Gasteiger partial charge on any atom is -0.748 e. The van der Waals surface area contributed by atoms with Crippen LogP contribution in [-0.4, -0.2) is 19.2 Å². The van der Waals surface area contributed by atoms with Crippen molar-refractivity contribution in [2.75, 3.05) is 12.0 Å². The predicted octanol–water partition coefficient (Wildman–Crippen LogP) is 1.89. The minimum atomic E-state index is -3.92. The Labute approximate surface area is 127 Å². The molecule has 0 aromatic heterocycles. The van der Waals surface area contributed by atoms with Gasteiger partial charge in [-0.25, -0.2) is 8.42 Å². The number of benzene rings is 2. The molecular weight excluding hydrogens is 357 g/mol. The third-order valence-electron chi connectivity index (χ3n) is 1.96. The molecule has 0 saturated carbocycles. The van der Waals surface area contributed by atoms with E-state index in [0.29, 0.717) is 6.26 Å². The van der Waals surface area contributed by atoms with E-state index >= 15 is 0 Å². The van der Waals surface area contributed by atoms with E-state index in [1.165, 1.54) is 0 Å².